The smallest absolute Gasteiger partial charge is 0.103 e. The molecule has 0 aliphatic carbocycles. The average Bonchev–Trinajstić information content (AvgIpc) is 2.70. The van der Waals surface area contributed by atoms with Crippen LogP contribution in [-0.4, -0.2) is 24.6 Å². The highest BCUT2D eigenvalue weighted by atomic mass is 79.9. The fourth-order valence-corrected chi connectivity index (χ4v) is 4.51. The maximum Gasteiger partial charge on any atom is 0.103 e. The van der Waals surface area contributed by atoms with Gasteiger partial charge < -0.3 is 4.74 Å². The number of hydrogen-bond acceptors (Lipinski definition) is 2. The largest absolute Gasteiger partial charge is 0.367 e. The van der Waals surface area contributed by atoms with Gasteiger partial charge in [-0.15, -0.1) is 0 Å². The summed E-state index contributed by atoms with van der Waals surface area (Å²) in [6.45, 7) is 0.905. The molecule has 3 atom stereocenters. The summed E-state index contributed by atoms with van der Waals surface area (Å²) >= 11 is 7.10. The fourth-order valence-electron chi connectivity index (χ4n) is 3.98. The number of benzene rings is 3. The van der Waals surface area contributed by atoms with E-state index < -0.39 is 0 Å². The molecule has 1 heterocycles. The fraction of sp³-hybridized carbons (Fsp3) is 0.250. The summed E-state index contributed by atoms with van der Waals surface area (Å²) < 4.78 is 8.90. The van der Waals surface area contributed by atoms with Crippen molar-refractivity contribution in [1.29, 1.82) is 0 Å². The van der Waals surface area contributed by atoms with E-state index in [2.05, 4.69) is 123 Å². The second-order valence-corrected chi connectivity index (χ2v) is 9.19. The van der Waals surface area contributed by atoms with Crippen LogP contribution in [0.25, 0.3) is 0 Å². The van der Waals surface area contributed by atoms with Gasteiger partial charge in [0, 0.05) is 15.5 Å². The van der Waals surface area contributed by atoms with Crippen molar-refractivity contribution < 1.29 is 4.74 Å². The Labute approximate surface area is 183 Å². The van der Waals surface area contributed by atoms with Gasteiger partial charge in [0.25, 0.3) is 0 Å². The normalized spacial score (nSPS) is 22.9. The van der Waals surface area contributed by atoms with E-state index >= 15 is 0 Å². The van der Waals surface area contributed by atoms with Crippen molar-refractivity contribution in [3.63, 3.8) is 0 Å². The van der Waals surface area contributed by atoms with Gasteiger partial charge in [-0.2, -0.15) is 0 Å². The van der Waals surface area contributed by atoms with E-state index in [0.29, 0.717) is 0 Å². The number of ether oxygens (including phenoxy) is 1. The summed E-state index contributed by atoms with van der Waals surface area (Å²) in [5.41, 5.74) is 3.80. The van der Waals surface area contributed by atoms with Crippen LogP contribution in [0.4, 0.5) is 0 Å². The molecule has 0 aromatic heterocycles. The number of rotatable bonds is 4. The molecular formula is C24H23Br2NO. The minimum absolute atomic E-state index is 0.0123. The highest BCUT2D eigenvalue weighted by molar-refractivity contribution is 9.10. The Morgan fingerprint density at radius 2 is 1.39 bits per heavy atom. The monoisotopic (exact) mass is 499 g/mol. The van der Waals surface area contributed by atoms with Crippen LogP contribution in [-0.2, 0) is 11.2 Å². The number of halogens is 2. The number of nitrogens with zero attached hydrogens (tertiary/aromatic N) is 1. The summed E-state index contributed by atoms with van der Waals surface area (Å²) in [7, 11) is 2.21. The lowest BCUT2D eigenvalue weighted by Crippen LogP contribution is -2.45. The standard InChI is InChI=1S/C24H23Br2NO/c1-27-16-22(15-17-5-3-2-4-6-17)28-24(19-9-13-21(26)14-10-19)23(27)18-7-11-20(25)12-8-18/h2-14,22-24H,15-16H2,1H3/t22-,23+,24-/m0/s1. The molecule has 1 aliphatic rings. The zero-order chi connectivity index (χ0) is 19.5. The topological polar surface area (TPSA) is 12.5 Å². The zero-order valence-electron chi connectivity index (χ0n) is 15.8. The van der Waals surface area contributed by atoms with Crippen LogP contribution in [0.15, 0.2) is 87.8 Å². The van der Waals surface area contributed by atoms with E-state index in [9.17, 15) is 0 Å². The van der Waals surface area contributed by atoms with Gasteiger partial charge >= 0.3 is 0 Å². The van der Waals surface area contributed by atoms with Gasteiger partial charge in [-0.3, -0.25) is 4.90 Å². The predicted octanol–water partition coefficient (Wildman–Crippen LogP) is 6.57. The summed E-state index contributed by atoms with van der Waals surface area (Å²) in [6.07, 6.45) is 1.07. The van der Waals surface area contributed by atoms with Crippen LogP contribution >= 0.6 is 31.9 Å². The molecule has 0 amide bonds. The first kappa shape index (κ1) is 19.8. The average molecular weight is 501 g/mol. The maximum atomic E-state index is 6.72. The highest BCUT2D eigenvalue weighted by Crippen LogP contribution is 2.41. The Morgan fingerprint density at radius 1 is 0.821 bits per heavy atom. The lowest BCUT2D eigenvalue weighted by atomic mass is 9.91. The first-order chi connectivity index (χ1) is 13.6. The molecule has 0 bridgehead atoms. The third-order valence-electron chi connectivity index (χ3n) is 5.31. The number of likely N-dealkylation sites (N-methyl/N-ethyl adjacent to an activating group) is 1. The van der Waals surface area contributed by atoms with E-state index in [-0.39, 0.29) is 18.2 Å². The molecule has 0 unspecified atom stereocenters. The maximum absolute atomic E-state index is 6.72. The summed E-state index contributed by atoms with van der Waals surface area (Å²) in [5, 5.41) is 0. The lowest BCUT2D eigenvalue weighted by Gasteiger charge is -2.44. The van der Waals surface area contributed by atoms with Crippen molar-refractivity contribution in [3.8, 4) is 0 Å². The second-order valence-electron chi connectivity index (χ2n) is 7.36. The molecule has 2 nitrogen and oxygen atoms in total. The van der Waals surface area contributed by atoms with E-state index in [1.807, 2.05) is 0 Å². The van der Waals surface area contributed by atoms with Crippen molar-refractivity contribution in [3.05, 3.63) is 104 Å². The molecule has 3 aromatic rings. The van der Waals surface area contributed by atoms with Gasteiger partial charge in [0.15, 0.2) is 0 Å². The van der Waals surface area contributed by atoms with Crippen LogP contribution in [0.5, 0.6) is 0 Å². The minimum atomic E-state index is -0.0123. The Bertz CT molecular complexity index is 896. The third kappa shape index (κ3) is 4.57. The Kier molecular flexibility index (Phi) is 6.32. The molecule has 144 valence electrons. The van der Waals surface area contributed by atoms with E-state index in [0.717, 1.165) is 21.9 Å². The van der Waals surface area contributed by atoms with Crippen molar-refractivity contribution in [2.45, 2.75) is 24.7 Å². The van der Waals surface area contributed by atoms with Gasteiger partial charge in [-0.25, -0.2) is 0 Å². The number of morpholine rings is 1. The molecule has 1 saturated heterocycles. The highest BCUT2D eigenvalue weighted by Gasteiger charge is 2.37. The van der Waals surface area contributed by atoms with Crippen molar-refractivity contribution in [2.24, 2.45) is 0 Å². The molecular weight excluding hydrogens is 478 g/mol. The molecule has 0 saturated carbocycles. The first-order valence-electron chi connectivity index (χ1n) is 9.51. The molecule has 0 N–H and O–H groups in total. The summed E-state index contributed by atoms with van der Waals surface area (Å²) in [5.74, 6) is 0. The van der Waals surface area contributed by atoms with Crippen molar-refractivity contribution in [1.82, 2.24) is 4.90 Å². The third-order valence-corrected chi connectivity index (χ3v) is 6.37. The number of hydrogen-bond donors (Lipinski definition) is 0. The first-order valence-corrected chi connectivity index (χ1v) is 11.1. The molecule has 28 heavy (non-hydrogen) atoms. The van der Waals surface area contributed by atoms with Gasteiger partial charge in [0.1, 0.15) is 6.10 Å². The minimum Gasteiger partial charge on any atom is -0.367 e. The van der Waals surface area contributed by atoms with E-state index in [1.54, 1.807) is 0 Å². The lowest BCUT2D eigenvalue weighted by molar-refractivity contribution is -0.116. The Morgan fingerprint density at radius 3 is 2.00 bits per heavy atom. The van der Waals surface area contributed by atoms with Gasteiger partial charge in [0.2, 0.25) is 0 Å². The van der Waals surface area contributed by atoms with Gasteiger partial charge in [-0.05, 0) is 54.4 Å². The molecule has 1 aliphatic heterocycles. The van der Waals surface area contributed by atoms with Gasteiger partial charge in [-0.1, -0.05) is 86.5 Å². The zero-order valence-corrected chi connectivity index (χ0v) is 18.9. The molecule has 4 heteroatoms. The van der Waals surface area contributed by atoms with Crippen molar-refractivity contribution in [2.75, 3.05) is 13.6 Å². The van der Waals surface area contributed by atoms with Crippen LogP contribution in [0.2, 0.25) is 0 Å². The van der Waals surface area contributed by atoms with Crippen LogP contribution in [0.1, 0.15) is 28.8 Å². The molecule has 1 fully saturated rings. The SMILES string of the molecule is CN1C[C@H](Cc2ccccc2)O[C@@H](c2ccc(Br)cc2)[C@H]1c1ccc(Br)cc1. The van der Waals surface area contributed by atoms with Crippen LogP contribution in [0.3, 0.4) is 0 Å². The van der Waals surface area contributed by atoms with E-state index in [4.69, 9.17) is 4.74 Å². The Balaban J connectivity index is 1.65. The molecule has 4 rings (SSSR count). The summed E-state index contributed by atoms with van der Waals surface area (Å²) in [6, 6.07) is 27.9. The second kappa shape index (κ2) is 8.91. The molecule has 0 spiro atoms. The van der Waals surface area contributed by atoms with Gasteiger partial charge in [0.05, 0.1) is 12.1 Å². The van der Waals surface area contributed by atoms with Crippen molar-refractivity contribution >= 4 is 31.9 Å². The Hall–Kier alpha value is -1.46. The molecule has 3 aromatic carbocycles. The quantitative estimate of drug-likeness (QED) is 0.401. The van der Waals surface area contributed by atoms with Crippen LogP contribution in [0, 0.1) is 0 Å². The molecule has 0 radical (unpaired) electrons. The summed E-state index contributed by atoms with van der Waals surface area (Å²) in [4.78, 5) is 2.44. The van der Waals surface area contributed by atoms with Crippen LogP contribution < -0.4 is 0 Å². The van der Waals surface area contributed by atoms with E-state index in [1.165, 1.54) is 16.7 Å². The predicted molar refractivity (Wildman–Crippen MR) is 121 cm³/mol.